The molecular weight excluding hydrogens is 466 g/mol. The number of hydrogen-bond acceptors (Lipinski definition) is 5. The van der Waals surface area contributed by atoms with Gasteiger partial charge in [0.25, 0.3) is 0 Å². The van der Waals surface area contributed by atoms with Crippen molar-refractivity contribution in [3.8, 4) is 0 Å². The number of anilines is 1. The Kier molecular flexibility index (Phi) is 7.18. The number of piperidine rings is 1. The van der Waals surface area contributed by atoms with Crippen molar-refractivity contribution >= 4 is 33.4 Å². The van der Waals surface area contributed by atoms with Gasteiger partial charge in [-0.15, -0.1) is 0 Å². The monoisotopic (exact) mass is 499 g/mol. The molecule has 2 aromatic rings. The van der Waals surface area contributed by atoms with Crippen molar-refractivity contribution in [3.05, 3.63) is 59.2 Å². The number of hydrogen-bond donors (Lipinski definition) is 1. The number of carbonyl (C=O) groups excluding carboxylic acids is 1. The smallest absolute Gasteiger partial charge is 0.243 e. The van der Waals surface area contributed by atoms with Gasteiger partial charge in [-0.05, 0) is 73.1 Å². The molecule has 0 unspecified atom stereocenters. The van der Waals surface area contributed by atoms with Gasteiger partial charge in [-0.1, -0.05) is 18.2 Å². The van der Waals surface area contributed by atoms with Crippen molar-refractivity contribution in [2.24, 2.45) is 5.92 Å². The Labute approximate surface area is 207 Å². The standard InChI is InChI=1S/C26H33N3O3S2/c30-26(27-19-20-4-7-24(8-5-20)28-14-16-33-17-15-28)22-10-12-29(13-11-22)34(31,32)25-9-6-21-2-1-3-23(21)18-25/h4-9,18,22H,1-3,10-17,19H2,(H,27,30). The number of nitrogens with zero attached hydrogens (tertiary/aromatic N) is 2. The molecule has 34 heavy (non-hydrogen) atoms. The fourth-order valence-electron chi connectivity index (χ4n) is 5.20. The minimum atomic E-state index is -3.51. The van der Waals surface area contributed by atoms with Crippen molar-refractivity contribution in [1.29, 1.82) is 0 Å². The molecule has 182 valence electrons. The van der Waals surface area contributed by atoms with Gasteiger partial charge in [0.05, 0.1) is 4.90 Å². The predicted octanol–water partition coefficient (Wildman–Crippen LogP) is 3.45. The molecule has 1 N–H and O–H groups in total. The number of benzene rings is 2. The van der Waals surface area contributed by atoms with Crippen LogP contribution in [0.1, 0.15) is 36.0 Å². The van der Waals surface area contributed by atoms with Crippen LogP contribution in [0.2, 0.25) is 0 Å². The van der Waals surface area contributed by atoms with Gasteiger partial charge in [0, 0.05) is 55.8 Å². The second-order valence-corrected chi connectivity index (χ2v) is 12.6. The average Bonchev–Trinajstić information content (AvgIpc) is 3.36. The maximum absolute atomic E-state index is 13.1. The van der Waals surface area contributed by atoms with Crippen molar-refractivity contribution in [2.75, 3.05) is 42.6 Å². The van der Waals surface area contributed by atoms with E-state index in [4.69, 9.17) is 0 Å². The summed E-state index contributed by atoms with van der Waals surface area (Å²) in [5.41, 5.74) is 4.76. The van der Waals surface area contributed by atoms with E-state index in [2.05, 4.69) is 34.5 Å². The Morgan fingerprint density at radius 2 is 1.65 bits per heavy atom. The van der Waals surface area contributed by atoms with Crippen LogP contribution >= 0.6 is 11.8 Å². The predicted molar refractivity (Wildman–Crippen MR) is 138 cm³/mol. The van der Waals surface area contributed by atoms with Crippen LogP contribution in [0.3, 0.4) is 0 Å². The number of thioether (sulfide) groups is 1. The van der Waals surface area contributed by atoms with Gasteiger partial charge in [0.1, 0.15) is 0 Å². The summed E-state index contributed by atoms with van der Waals surface area (Å²) in [5, 5.41) is 3.06. The minimum Gasteiger partial charge on any atom is -0.370 e. The first kappa shape index (κ1) is 23.7. The van der Waals surface area contributed by atoms with Gasteiger partial charge in [0.15, 0.2) is 0 Å². The highest BCUT2D eigenvalue weighted by Gasteiger charge is 2.32. The molecule has 1 amide bonds. The molecule has 0 atom stereocenters. The van der Waals surface area contributed by atoms with Crippen LogP contribution in [-0.4, -0.2) is 56.3 Å². The number of aryl methyl sites for hydroxylation is 2. The van der Waals surface area contributed by atoms with Crippen LogP contribution < -0.4 is 10.2 Å². The first-order valence-electron chi connectivity index (χ1n) is 12.3. The second kappa shape index (κ2) is 10.3. The van der Waals surface area contributed by atoms with E-state index in [1.165, 1.54) is 28.3 Å². The van der Waals surface area contributed by atoms with Gasteiger partial charge >= 0.3 is 0 Å². The van der Waals surface area contributed by atoms with E-state index in [-0.39, 0.29) is 11.8 Å². The summed E-state index contributed by atoms with van der Waals surface area (Å²) in [6, 6.07) is 14.0. The lowest BCUT2D eigenvalue weighted by molar-refractivity contribution is -0.126. The van der Waals surface area contributed by atoms with Crippen molar-refractivity contribution in [3.63, 3.8) is 0 Å². The molecule has 2 aromatic carbocycles. The Morgan fingerprint density at radius 3 is 2.38 bits per heavy atom. The number of sulfonamides is 1. The zero-order valence-electron chi connectivity index (χ0n) is 19.5. The number of nitrogens with one attached hydrogen (secondary N) is 1. The lowest BCUT2D eigenvalue weighted by Crippen LogP contribution is -2.42. The second-order valence-electron chi connectivity index (χ2n) is 9.45. The quantitative estimate of drug-likeness (QED) is 0.659. The fraction of sp³-hybridized carbons (Fsp3) is 0.500. The largest absolute Gasteiger partial charge is 0.370 e. The first-order chi connectivity index (χ1) is 16.5. The topological polar surface area (TPSA) is 69.7 Å². The van der Waals surface area contributed by atoms with Crippen LogP contribution in [-0.2, 0) is 34.2 Å². The molecule has 6 nitrogen and oxygen atoms in total. The van der Waals surface area contributed by atoms with Gasteiger partial charge < -0.3 is 10.2 Å². The van der Waals surface area contributed by atoms with E-state index in [1.807, 2.05) is 23.9 Å². The zero-order chi connectivity index (χ0) is 23.5. The first-order valence-corrected chi connectivity index (χ1v) is 14.9. The Balaban J connectivity index is 1.12. The summed E-state index contributed by atoms with van der Waals surface area (Å²) in [6.07, 6.45) is 4.21. The lowest BCUT2D eigenvalue weighted by atomic mass is 9.97. The molecule has 0 radical (unpaired) electrons. The molecular formula is C26H33N3O3S2. The SMILES string of the molecule is O=C(NCc1ccc(N2CCSCC2)cc1)C1CCN(S(=O)(=O)c2ccc3c(c2)CCC3)CC1. The van der Waals surface area contributed by atoms with Crippen LogP contribution in [0.15, 0.2) is 47.4 Å². The molecule has 3 aliphatic rings. The van der Waals surface area contributed by atoms with Crippen LogP contribution in [0, 0.1) is 5.92 Å². The number of rotatable bonds is 6. The molecule has 1 aliphatic carbocycles. The van der Waals surface area contributed by atoms with E-state index in [9.17, 15) is 13.2 Å². The third-order valence-corrected chi connectivity index (χ3v) is 10.1. The molecule has 0 saturated carbocycles. The van der Waals surface area contributed by atoms with Crippen molar-refractivity contribution in [1.82, 2.24) is 9.62 Å². The Bertz CT molecular complexity index is 1120. The zero-order valence-corrected chi connectivity index (χ0v) is 21.2. The average molecular weight is 500 g/mol. The molecule has 5 rings (SSSR count). The maximum Gasteiger partial charge on any atom is 0.243 e. The highest BCUT2D eigenvalue weighted by atomic mass is 32.2. The minimum absolute atomic E-state index is 0.0201. The van der Waals surface area contributed by atoms with Gasteiger partial charge in [0.2, 0.25) is 15.9 Å². The summed E-state index contributed by atoms with van der Waals surface area (Å²) >= 11 is 2.00. The summed E-state index contributed by atoms with van der Waals surface area (Å²) < 4.78 is 27.8. The number of fused-ring (bicyclic) bond motifs is 1. The van der Waals surface area contributed by atoms with Crippen molar-refractivity contribution in [2.45, 2.75) is 43.5 Å². The van der Waals surface area contributed by atoms with Gasteiger partial charge in [-0.25, -0.2) is 8.42 Å². The Hall–Kier alpha value is -2.03. The molecule has 0 aromatic heterocycles. The molecule has 2 aliphatic heterocycles. The van der Waals surface area contributed by atoms with Crippen LogP contribution in [0.4, 0.5) is 5.69 Å². The van der Waals surface area contributed by atoms with E-state index in [1.54, 1.807) is 10.4 Å². The van der Waals surface area contributed by atoms with Crippen LogP contribution in [0.5, 0.6) is 0 Å². The summed E-state index contributed by atoms with van der Waals surface area (Å²) in [7, 11) is -3.51. The van der Waals surface area contributed by atoms with Gasteiger partial charge in [-0.2, -0.15) is 16.1 Å². The number of carbonyl (C=O) groups is 1. The van der Waals surface area contributed by atoms with E-state index >= 15 is 0 Å². The molecule has 2 fully saturated rings. The summed E-state index contributed by atoms with van der Waals surface area (Å²) in [5.74, 6) is 2.22. The highest BCUT2D eigenvalue weighted by Crippen LogP contribution is 2.29. The molecule has 0 spiro atoms. The highest BCUT2D eigenvalue weighted by molar-refractivity contribution is 7.99. The van der Waals surface area contributed by atoms with Gasteiger partial charge in [-0.3, -0.25) is 4.79 Å². The summed E-state index contributed by atoms with van der Waals surface area (Å²) in [6.45, 7) is 3.45. The third-order valence-electron chi connectivity index (χ3n) is 7.31. The number of amides is 1. The Morgan fingerprint density at radius 1 is 0.941 bits per heavy atom. The van der Waals surface area contributed by atoms with E-state index in [0.29, 0.717) is 37.4 Å². The lowest BCUT2D eigenvalue weighted by Gasteiger charge is -2.30. The van der Waals surface area contributed by atoms with E-state index < -0.39 is 10.0 Å². The normalized spacial score (nSPS) is 19.7. The molecule has 8 heteroatoms. The maximum atomic E-state index is 13.1. The third kappa shape index (κ3) is 5.14. The molecule has 2 heterocycles. The van der Waals surface area contributed by atoms with Crippen LogP contribution in [0.25, 0.3) is 0 Å². The van der Waals surface area contributed by atoms with Crippen molar-refractivity contribution < 1.29 is 13.2 Å². The van der Waals surface area contributed by atoms with E-state index in [0.717, 1.165) is 37.9 Å². The fourth-order valence-corrected chi connectivity index (χ4v) is 7.62. The molecule has 2 saturated heterocycles. The molecule has 0 bridgehead atoms. The summed E-state index contributed by atoms with van der Waals surface area (Å²) in [4.78, 5) is 15.5.